The Balaban J connectivity index is 2.23. The van der Waals surface area contributed by atoms with E-state index in [2.05, 4.69) is 0 Å². The lowest BCUT2D eigenvalue weighted by molar-refractivity contribution is -0.431. The maximum Gasteiger partial charge on any atom is 0.173 e. The molecule has 3 atom stereocenters. The molecule has 0 saturated heterocycles. The van der Waals surface area contributed by atoms with Crippen LogP contribution in [0.5, 0.6) is 0 Å². The van der Waals surface area contributed by atoms with Crippen LogP contribution < -0.4 is 0 Å². The van der Waals surface area contributed by atoms with Gasteiger partial charge in [0.2, 0.25) is 0 Å². The molecule has 17 heavy (non-hydrogen) atoms. The molecular formula is C14H16O3. The minimum atomic E-state index is -0.844. The van der Waals surface area contributed by atoms with Gasteiger partial charge in [-0.1, -0.05) is 31.2 Å². The minimum absolute atomic E-state index is 0.536. The van der Waals surface area contributed by atoms with Crippen LogP contribution in [0.2, 0.25) is 0 Å². The topological polar surface area (TPSA) is 38.7 Å². The van der Waals surface area contributed by atoms with Gasteiger partial charge in [-0.25, -0.2) is 9.78 Å². The molecule has 3 heteroatoms. The van der Waals surface area contributed by atoms with Crippen LogP contribution in [0.15, 0.2) is 36.4 Å². The van der Waals surface area contributed by atoms with Crippen molar-refractivity contribution in [3.05, 3.63) is 47.5 Å². The van der Waals surface area contributed by atoms with E-state index in [9.17, 15) is 5.11 Å². The summed E-state index contributed by atoms with van der Waals surface area (Å²) in [6, 6.07) is 7.97. The van der Waals surface area contributed by atoms with Crippen LogP contribution in [-0.4, -0.2) is 11.2 Å². The summed E-state index contributed by atoms with van der Waals surface area (Å²) in [4.78, 5) is 11.0. The van der Waals surface area contributed by atoms with Gasteiger partial charge >= 0.3 is 0 Å². The second-order valence-electron chi connectivity index (χ2n) is 4.87. The SMILES string of the molecule is CC[C@H](O)[C@]12C=C[C@](C)(OO1)c1ccccc12. The first kappa shape index (κ1) is 11.0. The Hall–Kier alpha value is -1.16. The molecular weight excluding hydrogens is 216 g/mol. The molecule has 1 aromatic rings. The Kier molecular flexibility index (Phi) is 2.20. The van der Waals surface area contributed by atoms with Gasteiger partial charge < -0.3 is 5.11 Å². The van der Waals surface area contributed by atoms with Crippen LogP contribution in [0.3, 0.4) is 0 Å². The zero-order valence-corrected chi connectivity index (χ0v) is 10.0. The van der Waals surface area contributed by atoms with Crippen molar-refractivity contribution in [2.24, 2.45) is 0 Å². The largest absolute Gasteiger partial charge is 0.389 e. The van der Waals surface area contributed by atoms with Gasteiger partial charge in [0.1, 0.15) is 5.60 Å². The van der Waals surface area contributed by atoms with E-state index in [1.54, 1.807) is 0 Å². The highest BCUT2D eigenvalue weighted by molar-refractivity contribution is 5.47. The van der Waals surface area contributed by atoms with Crippen molar-refractivity contribution >= 4 is 0 Å². The summed E-state index contributed by atoms with van der Waals surface area (Å²) in [5.41, 5.74) is 0.696. The fourth-order valence-electron chi connectivity index (χ4n) is 2.67. The smallest absolute Gasteiger partial charge is 0.173 e. The molecule has 0 radical (unpaired) electrons. The molecule has 0 amide bonds. The molecule has 0 aromatic heterocycles. The van der Waals surface area contributed by atoms with Crippen LogP contribution in [0.4, 0.5) is 0 Å². The van der Waals surface area contributed by atoms with E-state index >= 15 is 0 Å². The van der Waals surface area contributed by atoms with Crippen LogP contribution in [0, 0.1) is 0 Å². The molecule has 2 heterocycles. The van der Waals surface area contributed by atoms with Crippen molar-refractivity contribution in [1.29, 1.82) is 0 Å². The quantitative estimate of drug-likeness (QED) is 0.628. The third kappa shape index (κ3) is 1.27. The lowest BCUT2D eigenvalue weighted by Gasteiger charge is -2.48. The minimum Gasteiger partial charge on any atom is -0.389 e. The predicted octanol–water partition coefficient (Wildman–Crippen LogP) is 2.40. The van der Waals surface area contributed by atoms with Crippen LogP contribution >= 0.6 is 0 Å². The Morgan fingerprint density at radius 2 is 1.88 bits per heavy atom. The fraction of sp³-hybridized carbons (Fsp3) is 0.429. The van der Waals surface area contributed by atoms with Crippen molar-refractivity contribution < 1.29 is 14.9 Å². The van der Waals surface area contributed by atoms with Crippen LogP contribution in [-0.2, 0) is 21.0 Å². The zero-order chi connectivity index (χ0) is 12.1. The Morgan fingerprint density at radius 1 is 1.18 bits per heavy atom. The maximum atomic E-state index is 10.2. The van der Waals surface area contributed by atoms with Crippen LogP contribution in [0.1, 0.15) is 31.4 Å². The molecule has 3 aliphatic rings. The van der Waals surface area contributed by atoms with Gasteiger partial charge in [0.05, 0.1) is 6.10 Å². The number of aliphatic hydroxyl groups is 1. The number of benzene rings is 1. The summed E-state index contributed by atoms with van der Waals surface area (Å²) in [7, 11) is 0. The molecule has 0 spiro atoms. The Bertz CT molecular complexity index is 482. The maximum absolute atomic E-state index is 10.2. The number of hydrogen-bond donors (Lipinski definition) is 1. The first-order valence-corrected chi connectivity index (χ1v) is 5.98. The first-order chi connectivity index (χ1) is 8.12. The van der Waals surface area contributed by atoms with Gasteiger partial charge in [-0.05, 0) is 31.1 Å². The third-order valence-electron chi connectivity index (χ3n) is 3.77. The van der Waals surface area contributed by atoms with E-state index in [1.165, 1.54) is 0 Å². The highest BCUT2D eigenvalue weighted by Crippen LogP contribution is 2.50. The first-order valence-electron chi connectivity index (χ1n) is 5.98. The van der Waals surface area contributed by atoms with Crippen molar-refractivity contribution in [2.45, 2.75) is 37.6 Å². The van der Waals surface area contributed by atoms with E-state index in [0.717, 1.165) is 11.1 Å². The second kappa shape index (κ2) is 3.42. The average Bonchev–Trinajstić information content (AvgIpc) is 2.39. The highest BCUT2D eigenvalue weighted by Gasteiger charge is 2.52. The molecule has 4 rings (SSSR count). The molecule has 1 N–H and O–H groups in total. The van der Waals surface area contributed by atoms with Crippen LogP contribution in [0.25, 0.3) is 0 Å². The summed E-state index contributed by atoms with van der Waals surface area (Å²) < 4.78 is 0. The normalized spacial score (nSPS) is 35.7. The lowest BCUT2D eigenvalue weighted by Crippen LogP contribution is -2.51. The van der Waals surface area contributed by atoms with Gasteiger partial charge in [-0.2, -0.15) is 0 Å². The summed E-state index contributed by atoms with van der Waals surface area (Å²) in [6.07, 6.45) is 3.90. The molecule has 1 aliphatic carbocycles. The Labute approximate surface area is 101 Å². The lowest BCUT2D eigenvalue weighted by atomic mass is 9.73. The molecule has 3 nitrogen and oxygen atoms in total. The number of rotatable bonds is 2. The van der Waals surface area contributed by atoms with Crippen molar-refractivity contribution in [3.63, 3.8) is 0 Å². The number of hydrogen-bond acceptors (Lipinski definition) is 3. The zero-order valence-electron chi connectivity index (χ0n) is 10.0. The summed E-state index contributed by atoms with van der Waals surface area (Å²) >= 11 is 0. The molecule has 90 valence electrons. The monoisotopic (exact) mass is 232 g/mol. The van der Waals surface area contributed by atoms with E-state index in [1.807, 2.05) is 50.3 Å². The molecule has 0 unspecified atom stereocenters. The molecule has 0 fully saturated rings. The highest BCUT2D eigenvalue weighted by atomic mass is 17.2. The van der Waals surface area contributed by atoms with Crippen molar-refractivity contribution in [3.8, 4) is 0 Å². The number of fused-ring (bicyclic) bond motifs is 1. The standard InChI is InChI=1S/C14H16O3/c1-3-12(15)14-9-8-13(2,16-17-14)10-6-4-5-7-11(10)14/h4-9,12,15H,3H2,1-2H3/t12-,13-,14+/m0/s1. The molecule has 2 aliphatic heterocycles. The van der Waals surface area contributed by atoms with Gasteiger partial charge in [0.15, 0.2) is 5.60 Å². The molecule has 1 aromatic carbocycles. The Morgan fingerprint density at radius 3 is 2.47 bits per heavy atom. The summed E-state index contributed by atoms with van der Waals surface area (Å²) in [5.74, 6) is 0. The van der Waals surface area contributed by atoms with Gasteiger partial charge in [-0.3, -0.25) is 0 Å². The predicted molar refractivity (Wildman–Crippen MR) is 63.1 cm³/mol. The van der Waals surface area contributed by atoms with Gasteiger partial charge in [-0.15, -0.1) is 0 Å². The van der Waals surface area contributed by atoms with E-state index in [-0.39, 0.29) is 0 Å². The molecule has 0 saturated carbocycles. The fourth-order valence-corrected chi connectivity index (χ4v) is 2.67. The van der Waals surface area contributed by atoms with E-state index in [4.69, 9.17) is 9.78 Å². The summed E-state index contributed by atoms with van der Waals surface area (Å²) in [5, 5.41) is 10.2. The third-order valence-corrected chi connectivity index (χ3v) is 3.77. The van der Waals surface area contributed by atoms with Crippen molar-refractivity contribution in [1.82, 2.24) is 0 Å². The van der Waals surface area contributed by atoms with E-state index < -0.39 is 17.3 Å². The van der Waals surface area contributed by atoms with Gasteiger partial charge in [0.25, 0.3) is 0 Å². The van der Waals surface area contributed by atoms with Gasteiger partial charge in [0, 0.05) is 5.56 Å². The second-order valence-corrected chi connectivity index (χ2v) is 4.87. The summed E-state index contributed by atoms with van der Waals surface area (Å²) in [6.45, 7) is 3.89. The van der Waals surface area contributed by atoms with Crippen molar-refractivity contribution in [2.75, 3.05) is 0 Å². The number of aliphatic hydroxyl groups excluding tert-OH is 1. The van der Waals surface area contributed by atoms with E-state index in [0.29, 0.717) is 6.42 Å². The average molecular weight is 232 g/mol. The molecule has 2 bridgehead atoms.